The van der Waals surface area contributed by atoms with Crippen LogP contribution in [0.1, 0.15) is 145 Å². The Balaban J connectivity index is 0.000000121. The maximum absolute atomic E-state index is 8.71. The molecule has 0 saturated carbocycles. The van der Waals surface area contributed by atoms with Gasteiger partial charge in [-0.1, -0.05) is 109 Å². The van der Waals surface area contributed by atoms with Crippen molar-refractivity contribution in [3.05, 3.63) is 329 Å². The van der Waals surface area contributed by atoms with Crippen LogP contribution in [-0.2, 0) is 41.6 Å². The summed E-state index contributed by atoms with van der Waals surface area (Å²) in [6, 6.07) is 65.9. The van der Waals surface area contributed by atoms with Gasteiger partial charge < -0.3 is 0 Å². The maximum Gasteiger partial charge on any atom is 0.215 e. The Morgan fingerprint density at radius 1 is 0.333 bits per heavy atom. The molecular weight excluding hydrogens is 1470 g/mol. The zero-order valence-corrected chi connectivity index (χ0v) is 71.5. The van der Waals surface area contributed by atoms with Crippen LogP contribution in [0.2, 0.25) is 0 Å². The molecule has 0 aliphatic heterocycles. The third-order valence-corrected chi connectivity index (χ3v) is 22.5. The van der Waals surface area contributed by atoms with Gasteiger partial charge in [0, 0.05) is 108 Å². The fourth-order valence-corrected chi connectivity index (χ4v) is 16.5. The molecule has 20 rings (SSSR count). The highest BCUT2D eigenvalue weighted by Crippen LogP contribution is 2.39. The molecule has 5 aromatic carbocycles. The van der Waals surface area contributed by atoms with E-state index in [1.54, 1.807) is 38.5 Å². The molecule has 600 valence electrons. The monoisotopic (exact) mass is 1590 g/mol. The fraction of sp³-hybridized carbons (Fsp3) is 0.238. The van der Waals surface area contributed by atoms with Gasteiger partial charge in [-0.3, -0.25) is 22.0 Å². The van der Waals surface area contributed by atoms with Crippen molar-refractivity contribution in [3.63, 3.8) is 0 Å². The predicted molar refractivity (Wildman–Crippen MR) is 491 cm³/mol. The van der Waals surface area contributed by atoms with Crippen LogP contribution in [0.4, 0.5) is 0 Å². The molecule has 15 heteroatoms. The number of hydrogen-bond donors (Lipinski definition) is 0. The first-order valence-corrected chi connectivity index (χ1v) is 40.5. The molecule has 0 spiro atoms. The van der Waals surface area contributed by atoms with Gasteiger partial charge in [0.1, 0.15) is 63.5 Å². The van der Waals surface area contributed by atoms with E-state index >= 15 is 0 Å². The first-order valence-electron chi connectivity index (χ1n) is 47.0. The number of aromatic nitrogens is 15. The van der Waals surface area contributed by atoms with Gasteiger partial charge in [0.15, 0.2) is 31.0 Å². The third kappa shape index (κ3) is 15.3. The number of rotatable bonds is 8. The van der Waals surface area contributed by atoms with Crippen LogP contribution in [0, 0.1) is 67.5 Å². The van der Waals surface area contributed by atoms with E-state index in [9.17, 15) is 0 Å². The van der Waals surface area contributed by atoms with E-state index < -0.39 is 44.1 Å². The number of imidazole rings is 5. The molecule has 0 fully saturated rings. The van der Waals surface area contributed by atoms with Crippen LogP contribution in [0.15, 0.2) is 262 Å². The third-order valence-electron chi connectivity index (χ3n) is 22.5. The molecule has 15 heterocycles. The lowest BCUT2D eigenvalue weighted by Crippen LogP contribution is -2.32. The van der Waals surface area contributed by atoms with Crippen LogP contribution in [0.25, 0.3) is 140 Å². The van der Waals surface area contributed by atoms with E-state index in [-0.39, 0.29) is 5.56 Å². The number of nitrogens with zero attached hydrogens (tertiary/aromatic N) is 15. The van der Waals surface area contributed by atoms with Crippen molar-refractivity contribution < 1.29 is 40.7 Å². The highest BCUT2D eigenvalue weighted by Gasteiger charge is 2.28. The number of hydrogen-bond acceptors (Lipinski definition) is 5. The van der Waals surface area contributed by atoms with Crippen LogP contribution in [0.3, 0.4) is 0 Å². The Hall–Kier alpha value is -13.4. The van der Waals surface area contributed by atoms with Crippen LogP contribution >= 0.6 is 0 Å². The fourth-order valence-electron chi connectivity index (χ4n) is 16.5. The van der Waals surface area contributed by atoms with E-state index in [0.717, 1.165) is 168 Å². The molecule has 0 N–H and O–H groups in total. The Labute approximate surface area is 722 Å². The average molecular weight is 1600 g/mol. The van der Waals surface area contributed by atoms with Gasteiger partial charge in [0.2, 0.25) is 28.5 Å². The summed E-state index contributed by atoms with van der Waals surface area (Å²) < 4.78 is 125. The lowest BCUT2D eigenvalue weighted by atomic mass is 9.88. The Kier molecular flexibility index (Phi) is 17.8. The molecule has 0 unspecified atom stereocenters. The Morgan fingerprint density at radius 2 is 0.675 bits per heavy atom. The first kappa shape index (κ1) is 65.6. The molecule has 0 bridgehead atoms. The average Bonchev–Trinajstić information content (AvgIpc) is 1.65. The van der Waals surface area contributed by atoms with E-state index in [2.05, 4.69) is 115 Å². The minimum Gasteiger partial charge on any atom is -0.299 e. The van der Waals surface area contributed by atoms with Gasteiger partial charge in [-0.15, -0.1) is 0 Å². The summed E-state index contributed by atoms with van der Waals surface area (Å²) in [7, 11) is 9.69. The van der Waals surface area contributed by atoms with Gasteiger partial charge >= 0.3 is 0 Å². The van der Waals surface area contributed by atoms with Crippen molar-refractivity contribution >= 4 is 83.4 Å². The van der Waals surface area contributed by atoms with Crippen molar-refractivity contribution in [2.75, 3.05) is 0 Å². The Morgan fingerprint density at radius 3 is 1.02 bits per heavy atom. The number of aryl methyl sites for hydroxylation is 14. The maximum atomic E-state index is 8.71. The summed E-state index contributed by atoms with van der Waals surface area (Å²) >= 11 is 0. The molecule has 0 amide bonds. The summed E-state index contributed by atoms with van der Waals surface area (Å²) in [4.78, 5) is 23.7. The minimum atomic E-state index is -2.28. The second-order valence-electron chi connectivity index (χ2n) is 32.9. The highest BCUT2D eigenvalue weighted by atomic mass is 15.1. The Bertz CT molecular complexity index is 7980. The smallest absolute Gasteiger partial charge is 0.215 e. The summed E-state index contributed by atoms with van der Waals surface area (Å²) in [5.74, 6) is -1.68. The van der Waals surface area contributed by atoms with Crippen molar-refractivity contribution in [3.8, 4) is 56.3 Å². The molecule has 15 nitrogen and oxygen atoms in total. The quantitative estimate of drug-likeness (QED) is 0.141. The summed E-state index contributed by atoms with van der Waals surface area (Å²) in [5, 5.41) is 0. The second-order valence-corrected chi connectivity index (χ2v) is 32.9. The molecule has 0 radical (unpaired) electrons. The zero-order chi connectivity index (χ0) is 95.6. The van der Waals surface area contributed by atoms with Gasteiger partial charge in [0.25, 0.3) is 0 Å². The molecule has 120 heavy (non-hydrogen) atoms. The number of fused-ring (bicyclic) bond motifs is 15. The topological polar surface area (TPSA) is 106 Å². The van der Waals surface area contributed by atoms with Crippen LogP contribution in [0.5, 0.6) is 0 Å². The molecule has 0 atom stereocenters. The number of pyridine rings is 10. The van der Waals surface area contributed by atoms with Gasteiger partial charge in [-0.05, 0) is 233 Å². The SMILES string of the molecule is [2H]C(C)(C)c1cc[n+](C)c(-c2c(C)ccc3nc4ccccn4c23)c1.[2H]C([2H])([2H])c1c[n+](C)c(-c2c(C)ccc3nc4ccccn4c23)cc1C.[2H]C([2H])([2H])c1c[n+](C)c(-c2c(C)ccc3nc4ccccn4c23)cc1C([2H])(C)C.[2H]C([2H])([2H])c1ccc(-c2c(C)ccc3nc4ccccn4c23)[n+](C)c1.[2H]C([2H])(c1cc[n+](C)c(-c2c(C)ccc3nc4ccccn4c23)c1)C(C)(C)C. The van der Waals surface area contributed by atoms with Crippen molar-refractivity contribution in [1.29, 1.82) is 0 Å². The zero-order valence-electron chi connectivity index (χ0n) is 84.5. The molecule has 0 aliphatic carbocycles. The molecule has 15 aromatic heterocycles. The second kappa shape index (κ2) is 32.5. The van der Waals surface area contributed by atoms with Crippen molar-refractivity contribution in [1.82, 2.24) is 46.9 Å². The normalized spacial score (nSPS) is 13.9. The summed E-state index contributed by atoms with van der Waals surface area (Å²) in [6.45, 7) is 18.9. The van der Waals surface area contributed by atoms with Gasteiger partial charge in [0.05, 0.1) is 83.0 Å². The summed E-state index contributed by atoms with van der Waals surface area (Å²) in [5.41, 5.74) is 33.7. The molecule has 0 saturated heterocycles. The largest absolute Gasteiger partial charge is 0.299 e. The van der Waals surface area contributed by atoms with E-state index in [1.807, 2.05) is 279 Å². The van der Waals surface area contributed by atoms with E-state index in [0.29, 0.717) is 22.3 Å². The lowest BCUT2D eigenvalue weighted by Gasteiger charge is -2.18. The van der Waals surface area contributed by atoms with Crippen molar-refractivity contribution in [2.24, 2.45) is 40.7 Å². The lowest BCUT2D eigenvalue weighted by molar-refractivity contribution is -0.660. The van der Waals surface area contributed by atoms with Gasteiger partial charge in [-0.25, -0.2) is 47.8 Å². The standard InChI is InChI=1S/C23H26N3.C22H24N3.C21H22N3.C20H20N3.C19H18N3/c1-16-9-10-18-22(26-12-7-6-8-20(26)24-18)21(16)19-14-17(11-13-25(19)5)15-23(2,3)4;1-14(2)17-12-19(24(5)13-16(17)4)21-15(3)9-10-18-22(21)25-11-7-6-8-20(25)23-18;1-14(2)16-10-12-23(4)18(13-16)20-15(3)8-9-17-21(20)24-11-6-5-7-19(24)22-17;1-13-8-9-16-20(23-10-6-5-7-18(23)21-16)19(13)17-11-14(2)15(3)12-22(17)4;1-13-7-10-16(21(3)12-13)18-14(2)8-9-15-19(18)22-11-5-4-6-17(22)20-15/h6-14H,15H2,1-5H3;6-14H,1-5H3;5-14H,1-4H3;5-12H,1-4H3;4-12H,1-3H3/q5*+1/i15D2;4D3,14D;14D;3D3;1D3. The highest BCUT2D eigenvalue weighted by molar-refractivity contribution is 5.99. The van der Waals surface area contributed by atoms with Crippen LogP contribution in [-0.4, -0.2) is 46.9 Å². The van der Waals surface area contributed by atoms with E-state index in [1.165, 1.54) is 11.1 Å². The number of benzene rings is 5. The predicted octanol–water partition coefficient (Wildman–Crippen LogP) is 21.5. The van der Waals surface area contributed by atoms with Crippen LogP contribution < -0.4 is 22.8 Å². The molecule has 20 aromatic rings. The van der Waals surface area contributed by atoms with Crippen molar-refractivity contribution in [2.45, 2.75) is 129 Å². The molecular formula is C105H110N15+5. The van der Waals surface area contributed by atoms with E-state index in [4.69, 9.17) is 42.7 Å². The molecule has 0 aliphatic rings. The summed E-state index contributed by atoms with van der Waals surface area (Å²) in [6.07, 6.45) is 17.7. The van der Waals surface area contributed by atoms with Gasteiger partial charge in [-0.2, -0.15) is 0 Å². The first-order chi connectivity index (χ1) is 62.6. The minimum absolute atomic E-state index is 0.215.